The van der Waals surface area contributed by atoms with E-state index in [0.717, 1.165) is 22.5 Å². The molecule has 2 N–H and O–H groups in total. The Morgan fingerprint density at radius 1 is 1.19 bits per heavy atom. The van der Waals surface area contributed by atoms with Crippen molar-refractivity contribution in [3.63, 3.8) is 0 Å². The summed E-state index contributed by atoms with van der Waals surface area (Å²) in [7, 11) is 3.18. The third-order valence-electron chi connectivity index (χ3n) is 6.09. The van der Waals surface area contributed by atoms with Crippen molar-refractivity contribution < 1.29 is 18.7 Å². The smallest absolute Gasteiger partial charge is 0.255 e. The van der Waals surface area contributed by atoms with Gasteiger partial charge in [-0.25, -0.2) is 9.37 Å². The van der Waals surface area contributed by atoms with E-state index in [9.17, 15) is 14.0 Å². The predicted octanol–water partition coefficient (Wildman–Crippen LogP) is 3.46. The van der Waals surface area contributed by atoms with E-state index in [2.05, 4.69) is 20.5 Å². The van der Waals surface area contributed by atoms with Crippen molar-refractivity contribution in [2.24, 2.45) is 0 Å². The summed E-state index contributed by atoms with van der Waals surface area (Å²) >= 11 is 0. The van der Waals surface area contributed by atoms with Crippen molar-refractivity contribution in [2.75, 3.05) is 32.6 Å². The lowest BCUT2D eigenvalue weighted by Gasteiger charge is -2.19. The molecule has 0 fully saturated rings. The van der Waals surface area contributed by atoms with Crippen LogP contribution in [0.5, 0.6) is 0 Å². The summed E-state index contributed by atoms with van der Waals surface area (Å²) in [6.07, 6.45) is 2.29. The molecule has 0 aliphatic carbocycles. The van der Waals surface area contributed by atoms with E-state index in [4.69, 9.17) is 4.74 Å². The van der Waals surface area contributed by atoms with E-state index in [1.54, 1.807) is 42.5 Å². The molecule has 2 aromatic heterocycles. The molecule has 0 bridgehead atoms. The number of halogens is 1. The second-order valence-corrected chi connectivity index (χ2v) is 8.76. The molecule has 0 unspecified atom stereocenters. The van der Waals surface area contributed by atoms with E-state index >= 15 is 0 Å². The third kappa shape index (κ3) is 5.44. The van der Waals surface area contributed by atoms with E-state index < -0.39 is 0 Å². The number of benzene rings is 2. The SMILES string of the molecule is COCC(=O)Nc1cc(C(=O)N(C)CCc2c(C)n[nH]c2C)c2c(c1)ncn2Cc1ccc(F)cc1. The number of aryl methyl sites for hydroxylation is 2. The molecule has 0 radical (unpaired) electrons. The zero-order valence-electron chi connectivity index (χ0n) is 20.8. The van der Waals surface area contributed by atoms with Gasteiger partial charge in [0.05, 0.1) is 28.6 Å². The van der Waals surface area contributed by atoms with Crippen molar-refractivity contribution in [1.29, 1.82) is 0 Å². The first-order valence-corrected chi connectivity index (χ1v) is 11.5. The molecule has 2 aromatic carbocycles. The first-order valence-electron chi connectivity index (χ1n) is 11.5. The molecule has 0 saturated carbocycles. The molecule has 0 aliphatic heterocycles. The quantitative estimate of drug-likeness (QED) is 0.372. The first kappa shape index (κ1) is 25.1. The molecule has 4 aromatic rings. The largest absolute Gasteiger partial charge is 0.375 e. The first-order chi connectivity index (χ1) is 17.3. The number of ether oxygens (including phenoxy) is 1. The Hall–Kier alpha value is -4.05. The maximum Gasteiger partial charge on any atom is 0.255 e. The highest BCUT2D eigenvalue weighted by atomic mass is 19.1. The highest BCUT2D eigenvalue weighted by molar-refractivity contribution is 6.07. The number of rotatable bonds is 9. The van der Waals surface area contributed by atoms with E-state index in [1.807, 2.05) is 18.4 Å². The number of carbonyl (C=O) groups excluding carboxylic acids is 2. The lowest BCUT2D eigenvalue weighted by Crippen LogP contribution is -2.29. The molecule has 188 valence electrons. The maximum absolute atomic E-state index is 13.7. The number of aromatic nitrogens is 4. The molecule has 4 rings (SSSR count). The van der Waals surface area contributed by atoms with Crippen LogP contribution in [0.2, 0.25) is 0 Å². The van der Waals surface area contributed by atoms with Gasteiger partial charge in [0.25, 0.3) is 5.91 Å². The molecule has 36 heavy (non-hydrogen) atoms. The number of hydrogen-bond acceptors (Lipinski definition) is 5. The zero-order valence-corrected chi connectivity index (χ0v) is 20.8. The van der Waals surface area contributed by atoms with E-state index in [-0.39, 0.29) is 24.2 Å². The molecule has 0 atom stereocenters. The number of amides is 2. The number of methoxy groups -OCH3 is 1. The monoisotopic (exact) mass is 492 g/mol. The molecule has 0 aliphatic rings. The number of nitrogens with zero attached hydrogens (tertiary/aromatic N) is 4. The molecule has 2 heterocycles. The summed E-state index contributed by atoms with van der Waals surface area (Å²) in [5, 5.41) is 9.97. The predicted molar refractivity (Wildman–Crippen MR) is 134 cm³/mol. The van der Waals surface area contributed by atoms with Gasteiger partial charge in [-0.05, 0) is 55.7 Å². The van der Waals surface area contributed by atoms with Crippen LogP contribution in [0.4, 0.5) is 10.1 Å². The van der Waals surface area contributed by atoms with Gasteiger partial charge in [-0.3, -0.25) is 14.7 Å². The van der Waals surface area contributed by atoms with Crippen LogP contribution in [0.25, 0.3) is 11.0 Å². The Balaban J connectivity index is 1.68. The zero-order chi connectivity index (χ0) is 25.8. The third-order valence-corrected chi connectivity index (χ3v) is 6.09. The van der Waals surface area contributed by atoms with Gasteiger partial charge in [0.2, 0.25) is 5.91 Å². The van der Waals surface area contributed by atoms with Gasteiger partial charge in [-0.2, -0.15) is 5.10 Å². The van der Waals surface area contributed by atoms with E-state index in [1.165, 1.54) is 19.2 Å². The van der Waals surface area contributed by atoms with Gasteiger partial charge in [0.1, 0.15) is 12.4 Å². The summed E-state index contributed by atoms with van der Waals surface area (Å²) in [5.41, 5.74) is 5.90. The fraction of sp³-hybridized carbons (Fsp3) is 0.308. The molecule has 2 amide bonds. The Bertz CT molecular complexity index is 1370. The van der Waals surface area contributed by atoms with Crippen molar-refractivity contribution in [1.82, 2.24) is 24.6 Å². The standard InChI is InChI=1S/C26H29FN6O3/c1-16-21(17(2)31-30-16)9-10-32(3)26(35)22-11-20(29-24(34)14-36-4)12-23-25(22)33(15-28-23)13-18-5-7-19(27)8-6-18/h5-8,11-12,15H,9-10,13-14H2,1-4H3,(H,29,34)(H,30,31). The molecule has 0 saturated heterocycles. The normalized spacial score (nSPS) is 11.1. The Morgan fingerprint density at radius 3 is 2.61 bits per heavy atom. The minimum Gasteiger partial charge on any atom is -0.375 e. The number of likely N-dealkylation sites (N-methyl/N-ethyl adjacent to an activating group) is 1. The second-order valence-electron chi connectivity index (χ2n) is 8.76. The van der Waals surface area contributed by atoms with Crippen molar-refractivity contribution in [2.45, 2.75) is 26.8 Å². The van der Waals surface area contributed by atoms with Gasteiger partial charge in [0, 0.05) is 38.6 Å². The number of anilines is 1. The number of fused-ring (bicyclic) bond motifs is 1. The number of nitrogens with one attached hydrogen (secondary N) is 2. The van der Waals surface area contributed by atoms with Crippen LogP contribution < -0.4 is 5.32 Å². The Labute approximate surface area is 208 Å². The summed E-state index contributed by atoms with van der Waals surface area (Å²) in [5.74, 6) is -0.853. The average molecular weight is 493 g/mol. The number of aromatic amines is 1. The van der Waals surface area contributed by atoms with Gasteiger partial charge < -0.3 is 19.5 Å². The Morgan fingerprint density at radius 2 is 1.94 bits per heavy atom. The molecular formula is C26H29FN6O3. The second kappa shape index (κ2) is 10.7. The summed E-state index contributed by atoms with van der Waals surface area (Å²) in [4.78, 5) is 31.9. The topological polar surface area (TPSA) is 105 Å². The van der Waals surface area contributed by atoms with Crippen LogP contribution in [0.1, 0.15) is 32.9 Å². The van der Waals surface area contributed by atoms with Crippen LogP contribution in [-0.4, -0.2) is 63.8 Å². The lowest BCUT2D eigenvalue weighted by molar-refractivity contribution is -0.119. The van der Waals surface area contributed by atoms with Crippen LogP contribution in [-0.2, 0) is 22.5 Å². The van der Waals surface area contributed by atoms with Gasteiger partial charge in [-0.1, -0.05) is 12.1 Å². The highest BCUT2D eigenvalue weighted by Crippen LogP contribution is 2.26. The van der Waals surface area contributed by atoms with Gasteiger partial charge in [0.15, 0.2) is 0 Å². The average Bonchev–Trinajstić information content (AvgIpc) is 3.40. The molecule has 9 nitrogen and oxygen atoms in total. The van der Waals surface area contributed by atoms with Crippen molar-refractivity contribution in [3.8, 4) is 0 Å². The van der Waals surface area contributed by atoms with Gasteiger partial charge in [-0.15, -0.1) is 0 Å². The number of imidazole rings is 1. The molecule has 10 heteroatoms. The summed E-state index contributed by atoms with van der Waals surface area (Å²) < 4.78 is 20.1. The summed E-state index contributed by atoms with van der Waals surface area (Å²) in [6.45, 7) is 4.67. The van der Waals surface area contributed by atoms with Crippen molar-refractivity contribution in [3.05, 3.63) is 76.6 Å². The minimum absolute atomic E-state index is 0.108. The van der Waals surface area contributed by atoms with Crippen LogP contribution in [0.15, 0.2) is 42.7 Å². The number of hydrogen-bond donors (Lipinski definition) is 2. The van der Waals surface area contributed by atoms with Crippen LogP contribution in [0.3, 0.4) is 0 Å². The summed E-state index contributed by atoms with van der Waals surface area (Å²) in [6, 6.07) is 9.58. The lowest BCUT2D eigenvalue weighted by atomic mass is 10.1. The van der Waals surface area contributed by atoms with Crippen LogP contribution >= 0.6 is 0 Å². The van der Waals surface area contributed by atoms with Crippen molar-refractivity contribution >= 4 is 28.5 Å². The van der Waals surface area contributed by atoms with Gasteiger partial charge >= 0.3 is 0 Å². The highest BCUT2D eigenvalue weighted by Gasteiger charge is 2.21. The minimum atomic E-state index is -0.333. The Kier molecular flexibility index (Phi) is 7.44. The molecule has 0 spiro atoms. The van der Waals surface area contributed by atoms with Crippen LogP contribution in [0, 0.1) is 19.7 Å². The fourth-order valence-electron chi connectivity index (χ4n) is 4.21. The maximum atomic E-state index is 13.7. The molecular weight excluding hydrogens is 463 g/mol. The number of H-pyrrole nitrogens is 1. The number of carbonyl (C=O) groups is 2. The fourth-order valence-corrected chi connectivity index (χ4v) is 4.21. The van der Waals surface area contributed by atoms with E-state index in [0.29, 0.717) is 41.8 Å².